The number of aliphatic carboxylic acids is 1. The third kappa shape index (κ3) is 7.35. The molecule has 0 spiro atoms. The van der Waals surface area contributed by atoms with E-state index in [1.54, 1.807) is 12.1 Å². The molecule has 0 radical (unpaired) electrons. The summed E-state index contributed by atoms with van der Waals surface area (Å²) in [5.74, 6) is -1.73. The van der Waals surface area contributed by atoms with Crippen LogP contribution in [0.1, 0.15) is 44.1 Å². The summed E-state index contributed by atoms with van der Waals surface area (Å²) in [6, 6.07) is 7.78. The Balaban J connectivity index is 1.57. The molecule has 1 aliphatic rings. The molecule has 10 nitrogen and oxygen atoms in total. The molecule has 2 aromatic rings. The summed E-state index contributed by atoms with van der Waals surface area (Å²) in [5, 5.41) is 23.9. The van der Waals surface area contributed by atoms with Crippen molar-refractivity contribution in [2.24, 2.45) is 0 Å². The van der Waals surface area contributed by atoms with Crippen LogP contribution in [0, 0.1) is 0 Å². The molecule has 0 saturated heterocycles. The molecule has 3 rings (SSSR count). The first kappa shape index (κ1) is 22.7. The maximum absolute atomic E-state index is 12.7. The largest absolute Gasteiger partial charge is 0.481 e. The van der Waals surface area contributed by atoms with E-state index in [9.17, 15) is 14.4 Å². The maximum atomic E-state index is 12.7. The van der Waals surface area contributed by atoms with Gasteiger partial charge in [0.2, 0.25) is 5.16 Å². The molecule has 166 valence electrons. The number of carboxylic acids is 1. The number of ether oxygens (including phenoxy) is 1. The van der Waals surface area contributed by atoms with Crippen LogP contribution >= 0.6 is 11.8 Å². The van der Waals surface area contributed by atoms with Crippen LogP contribution < -0.4 is 5.32 Å². The second-order valence-electron chi connectivity index (χ2n) is 7.32. The molecule has 2 N–H and O–H groups in total. The number of aromatic nitrogens is 4. The van der Waals surface area contributed by atoms with E-state index in [0.717, 1.165) is 31.2 Å². The molecule has 1 atom stereocenters. The van der Waals surface area contributed by atoms with Crippen molar-refractivity contribution in [3.05, 3.63) is 35.9 Å². The summed E-state index contributed by atoms with van der Waals surface area (Å²) >= 11 is 1.53. The standard InChI is InChI=1S/C20H25N5O5S/c26-17(12-25-19(22-23-24-25)31-15-9-5-2-6-10-15)16(11-18(27)28)21-20(29)30-13-14-7-3-1-4-8-14/h1,3-4,7-8,15-16H,2,5-6,9-13H2,(H,21,29)(H,27,28). The molecule has 1 amide bonds. The van der Waals surface area contributed by atoms with Crippen molar-refractivity contribution in [2.75, 3.05) is 0 Å². The predicted molar refractivity (Wildman–Crippen MR) is 111 cm³/mol. The number of thioether (sulfide) groups is 1. The lowest BCUT2D eigenvalue weighted by atomic mass is 10.0. The molecule has 1 unspecified atom stereocenters. The smallest absolute Gasteiger partial charge is 0.408 e. The second-order valence-corrected chi connectivity index (χ2v) is 8.59. The van der Waals surface area contributed by atoms with E-state index >= 15 is 0 Å². The highest BCUT2D eigenvalue weighted by atomic mass is 32.2. The zero-order valence-electron chi connectivity index (χ0n) is 17.0. The Kier molecular flexibility index (Phi) is 8.39. The van der Waals surface area contributed by atoms with E-state index in [2.05, 4.69) is 20.8 Å². The number of tetrazole rings is 1. The number of rotatable bonds is 10. The van der Waals surface area contributed by atoms with Crippen LogP contribution in [-0.2, 0) is 27.5 Å². The van der Waals surface area contributed by atoms with Gasteiger partial charge in [-0.25, -0.2) is 9.48 Å². The Morgan fingerprint density at radius 1 is 1.19 bits per heavy atom. The number of ketones is 1. The molecule has 1 heterocycles. The van der Waals surface area contributed by atoms with Gasteiger partial charge in [0.1, 0.15) is 19.2 Å². The molecule has 1 aromatic heterocycles. The van der Waals surface area contributed by atoms with Crippen LogP contribution in [0.2, 0.25) is 0 Å². The number of alkyl carbamates (subject to hydrolysis) is 1. The van der Waals surface area contributed by atoms with Crippen LogP contribution in [0.25, 0.3) is 0 Å². The van der Waals surface area contributed by atoms with Crippen LogP contribution in [-0.4, -0.2) is 54.5 Å². The number of carboxylic acid groups (broad SMARTS) is 1. The lowest BCUT2D eigenvalue weighted by Gasteiger charge is -2.20. The lowest BCUT2D eigenvalue weighted by Crippen LogP contribution is -2.44. The molecule has 1 saturated carbocycles. The summed E-state index contributed by atoms with van der Waals surface area (Å²) in [5.41, 5.74) is 0.775. The Bertz CT molecular complexity index is 885. The average molecular weight is 448 g/mol. The number of Topliss-reactive ketones (excluding diaryl/α,β-unsaturated/α-hetero) is 1. The van der Waals surface area contributed by atoms with Gasteiger partial charge in [-0.1, -0.05) is 61.4 Å². The van der Waals surface area contributed by atoms with Crippen molar-refractivity contribution in [2.45, 2.75) is 68.1 Å². The van der Waals surface area contributed by atoms with Gasteiger partial charge in [0.05, 0.1) is 6.42 Å². The van der Waals surface area contributed by atoms with E-state index in [1.807, 2.05) is 18.2 Å². The molecule has 0 bridgehead atoms. The van der Waals surface area contributed by atoms with Crippen molar-refractivity contribution >= 4 is 29.6 Å². The summed E-state index contributed by atoms with van der Waals surface area (Å²) < 4.78 is 6.46. The Hall–Kier alpha value is -2.95. The van der Waals surface area contributed by atoms with E-state index < -0.39 is 30.3 Å². The lowest BCUT2D eigenvalue weighted by molar-refractivity contribution is -0.139. The minimum atomic E-state index is -1.25. The second kappa shape index (κ2) is 11.4. The molecule has 1 aromatic carbocycles. The van der Waals surface area contributed by atoms with Gasteiger partial charge in [0.15, 0.2) is 5.78 Å². The summed E-state index contributed by atoms with van der Waals surface area (Å²) in [6.45, 7) is -0.227. The van der Waals surface area contributed by atoms with E-state index in [-0.39, 0.29) is 13.2 Å². The van der Waals surface area contributed by atoms with Crippen LogP contribution in [0.3, 0.4) is 0 Å². The number of hydrogen-bond donors (Lipinski definition) is 2. The average Bonchev–Trinajstić information content (AvgIpc) is 3.19. The predicted octanol–water partition coefficient (Wildman–Crippen LogP) is 2.44. The Morgan fingerprint density at radius 3 is 2.65 bits per heavy atom. The van der Waals surface area contributed by atoms with Crippen molar-refractivity contribution < 1.29 is 24.2 Å². The molecule has 0 aliphatic heterocycles. The molecule has 31 heavy (non-hydrogen) atoms. The third-order valence-corrected chi connectivity index (χ3v) is 6.21. The van der Waals surface area contributed by atoms with Gasteiger partial charge in [0, 0.05) is 5.25 Å². The molecular weight excluding hydrogens is 422 g/mol. The van der Waals surface area contributed by atoms with Gasteiger partial charge >= 0.3 is 12.1 Å². The highest BCUT2D eigenvalue weighted by Gasteiger charge is 2.26. The zero-order valence-corrected chi connectivity index (χ0v) is 17.8. The minimum Gasteiger partial charge on any atom is -0.481 e. The van der Waals surface area contributed by atoms with Gasteiger partial charge < -0.3 is 15.2 Å². The molecule has 1 aliphatic carbocycles. The minimum absolute atomic E-state index is 0.00975. The summed E-state index contributed by atoms with van der Waals surface area (Å²) in [7, 11) is 0. The van der Waals surface area contributed by atoms with E-state index in [4.69, 9.17) is 9.84 Å². The molecule has 11 heteroatoms. The quantitative estimate of drug-likeness (QED) is 0.562. The van der Waals surface area contributed by atoms with Crippen molar-refractivity contribution in [3.63, 3.8) is 0 Å². The number of benzene rings is 1. The summed E-state index contributed by atoms with van der Waals surface area (Å²) in [6.07, 6.45) is 4.26. The molecular formula is C20H25N5O5S. The first-order valence-corrected chi connectivity index (χ1v) is 11.0. The fraction of sp³-hybridized carbons (Fsp3) is 0.500. The zero-order chi connectivity index (χ0) is 22.1. The first-order valence-electron chi connectivity index (χ1n) is 10.2. The number of carbonyl (C=O) groups is 3. The number of nitrogens with one attached hydrogen (secondary N) is 1. The SMILES string of the molecule is O=C(O)CC(NC(=O)OCc1ccccc1)C(=O)Cn1nnnc1SC1CCCCC1. The number of amides is 1. The summed E-state index contributed by atoms with van der Waals surface area (Å²) in [4.78, 5) is 36.1. The third-order valence-electron chi connectivity index (χ3n) is 4.90. The number of carbonyl (C=O) groups excluding carboxylic acids is 2. The Labute approximate surface area is 183 Å². The van der Waals surface area contributed by atoms with Crippen molar-refractivity contribution in [1.29, 1.82) is 0 Å². The van der Waals surface area contributed by atoms with E-state index in [1.165, 1.54) is 22.9 Å². The van der Waals surface area contributed by atoms with Gasteiger partial charge in [-0.05, 0) is 28.8 Å². The normalized spacial score (nSPS) is 15.2. The van der Waals surface area contributed by atoms with Crippen molar-refractivity contribution in [3.8, 4) is 0 Å². The first-order chi connectivity index (χ1) is 15.0. The number of nitrogens with zero attached hydrogens (tertiary/aromatic N) is 4. The van der Waals surface area contributed by atoms with Crippen LogP contribution in [0.15, 0.2) is 35.5 Å². The maximum Gasteiger partial charge on any atom is 0.408 e. The van der Waals surface area contributed by atoms with Gasteiger partial charge in [-0.3, -0.25) is 9.59 Å². The van der Waals surface area contributed by atoms with Gasteiger partial charge in [-0.15, -0.1) is 5.10 Å². The monoisotopic (exact) mass is 447 g/mol. The number of hydrogen-bond acceptors (Lipinski definition) is 8. The highest BCUT2D eigenvalue weighted by molar-refractivity contribution is 7.99. The van der Waals surface area contributed by atoms with Crippen LogP contribution in [0.4, 0.5) is 4.79 Å². The fourth-order valence-electron chi connectivity index (χ4n) is 3.30. The highest BCUT2D eigenvalue weighted by Crippen LogP contribution is 2.32. The van der Waals surface area contributed by atoms with Crippen molar-refractivity contribution in [1.82, 2.24) is 25.5 Å². The van der Waals surface area contributed by atoms with Gasteiger partial charge in [0.25, 0.3) is 0 Å². The van der Waals surface area contributed by atoms with Crippen LogP contribution in [0.5, 0.6) is 0 Å². The van der Waals surface area contributed by atoms with E-state index in [0.29, 0.717) is 10.4 Å². The van der Waals surface area contributed by atoms with Gasteiger partial charge in [-0.2, -0.15) is 0 Å². The fourth-order valence-corrected chi connectivity index (χ4v) is 4.47. The topological polar surface area (TPSA) is 136 Å². The Morgan fingerprint density at radius 2 is 1.94 bits per heavy atom. The molecule has 1 fully saturated rings.